The predicted octanol–water partition coefficient (Wildman–Crippen LogP) is 5.43. The van der Waals surface area contributed by atoms with Crippen molar-refractivity contribution >= 4 is 5.91 Å². The molecule has 0 heterocycles. The van der Waals surface area contributed by atoms with E-state index < -0.39 is 0 Å². The lowest BCUT2D eigenvalue weighted by Gasteiger charge is -2.23. The van der Waals surface area contributed by atoms with Crippen LogP contribution in [0.2, 0.25) is 0 Å². The third kappa shape index (κ3) is 7.06. The van der Waals surface area contributed by atoms with Crippen molar-refractivity contribution in [2.24, 2.45) is 0 Å². The van der Waals surface area contributed by atoms with E-state index in [1.54, 1.807) is 12.1 Å². The van der Waals surface area contributed by atoms with Crippen molar-refractivity contribution in [2.45, 2.75) is 65.2 Å². The number of amides is 1. The smallest absolute Gasteiger partial charge is 0.253 e. The van der Waals surface area contributed by atoms with Crippen molar-refractivity contribution in [1.29, 1.82) is 0 Å². The second kappa shape index (κ2) is 11.2. The summed E-state index contributed by atoms with van der Waals surface area (Å²) in [5.41, 5.74) is 0.464. The Balaban J connectivity index is 2.59. The summed E-state index contributed by atoms with van der Waals surface area (Å²) in [6.07, 6.45) is 9.15. The highest BCUT2D eigenvalue weighted by Crippen LogP contribution is 2.11. The molecule has 0 aromatic heterocycles. The Kier molecular flexibility index (Phi) is 9.52. The quantitative estimate of drug-likeness (QED) is 0.499. The summed E-state index contributed by atoms with van der Waals surface area (Å²) in [5, 5.41) is 0. The zero-order valence-corrected chi connectivity index (χ0v) is 14.1. The Morgan fingerprint density at radius 2 is 1.55 bits per heavy atom. The first kappa shape index (κ1) is 18.7. The average Bonchev–Trinajstić information content (AvgIpc) is 2.53. The van der Waals surface area contributed by atoms with Crippen LogP contribution in [0.1, 0.15) is 75.6 Å². The highest BCUT2D eigenvalue weighted by molar-refractivity contribution is 5.94. The first-order valence-corrected chi connectivity index (χ1v) is 8.73. The molecule has 0 bridgehead atoms. The maximum atomic E-state index is 13.3. The lowest BCUT2D eigenvalue weighted by Crippen LogP contribution is -2.33. The Labute approximate surface area is 134 Å². The largest absolute Gasteiger partial charge is 0.339 e. The molecule has 124 valence electrons. The summed E-state index contributed by atoms with van der Waals surface area (Å²) >= 11 is 0. The Morgan fingerprint density at radius 3 is 2.05 bits per heavy atom. The molecule has 0 aliphatic rings. The molecule has 22 heavy (non-hydrogen) atoms. The SMILES string of the molecule is CCCCCCN(CCCCCC)C(=O)c1cccc(F)c1. The highest BCUT2D eigenvalue weighted by Gasteiger charge is 2.15. The van der Waals surface area contributed by atoms with Gasteiger partial charge in [-0.3, -0.25) is 4.79 Å². The number of carbonyl (C=O) groups excluding carboxylic acids is 1. The first-order chi connectivity index (χ1) is 10.7. The van der Waals surface area contributed by atoms with Gasteiger partial charge in [-0.2, -0.15) is 0 Å². The van der Waals surface area contributed by atoms with Gasteiger partial charge in [0.1, 0.15) is 5.82 Å². The van der Waals surface area contributed by atoms with Crippen LogP contribution in [0.15, 0.2) is 24.3 Å². The molecule has 0 unspecified atom stereocenters. The minimum Gasteiger partial charge on any atom is -0.339 e. The Hall–Kier alpha value is -1.38. The number of rotatable bonds is 11. The van der Waals surface area contributed by atoms with Gasteiger partial charge >= 0.3 is 0 Å². The lowest BCUT2D eigenvalue weighted by molar-refractivity contribution is 0.0749. The topological polar surface area (TPSA) is 20.3 Å². The molecule has 0 saturated carbocycles. The van der Waals surface area contributed by atoms with Crippen LogP contribution in [-0.2, 0) is 0 Å². The molecule has 1 rings (SSSR count). The van der Waals surface area contributed by atoms with E-state index in [4.69, 9.17) is 0 Å². The van der Waals surface area contributed by atoms with E-state index in [1.165, 1.54) is 37.8 Å². The van der Waals surface area contributed by atoms with E-state index >= 15 is 0 Å². The van der Waals surface area contributed by atoms with Crippen LogP contribution in [0.5, 0.6) is 0 Å². The molecule has 0 spiro atoms. The van der Waals surface area contributed by atoms with Crippen LogP contribution in [0.3, 0.4) is 0 Å². The van der Waals surface area contributed by atoms with Crippen molar-refractivity contribution in [3.8, 4) is 0 Å². The maximum Gasteiger partial charge on any atom is 0.253 e. The molecule has 0 fully saturated rings. The molecule has 0 radical (unpaired) electrons. The van der Waals surface area contributed by atoms with Gasteiger partial charge in [0.15, 0.2) is 0 Å². The predicted molar refractivity (Wildman–Crippen MR) is 90.6 cm³/mol. The van der Waals surface area contributed by atoms with E-state index in [0.717, 1.165) is 38.8 Å². The molecule has 0 atom stereocenters. The minimum atomic E-state index is -0.345. The van der Waals surface area contributed by atoms with Gasteiger partial charge in [0.2, 0.25) is 0 Å². The molecule has 0 aliphatic heterocycles. The normalized spacial score (nSPS) is 10.7. The maximum absolute atomic E-state index is 13.3. The van der Waals surface area contributed by atoms with Crippen LogP contribution in [-0.4, -0.2) is 23.9 Å². The van der Waals surface area contributed by atoms with E-state index in [1.807, 2.05) is 4.90 Å². The summed E-state index contributed by atoms with van der Waals surface area (Å²) in [7, 11) is 0. The van der Waals surface area contributed by atoms with Crippen molar-refractivity contribution < 1.29 is 9.18 Å². The number of nitrogens with zero attached hydrogens (tertiary/aromatic N) is 1. The highest BCUT2D eigenvalue weighted by atomic mass is 19.1. The molecule has 2 nitrogen and oxygen atoms in total. The van der Waals surface area contributed by atoms with E-state index in [0.29, 0.717) is 5.56 Å². The van der Waals surface area contributed by atoms with Gasteiger partial charge in [0.05, 0.1) is 0 Å². The Bertz CT molecular complexity index is 421. The summed E-state index contributed by atoms with van der Waals surface area (Å²) in [4.78, 5) is 14.5. The fourth-order valence-electron chi connectivity index (χ4n) is 2.58. The summed E-state index contributed by atoms with van der Waals surface area (Å²) < 4.78 is 13.3. The molecule has 1 aromatic carbocycles. The zero-order chi connectivity index (χ0) is 16.2. The molecule has 0 N–H and O–H groups in total. The number of carbonyl (C=O) groups is 1. The second-order valence-electron chi connectivity index (χ2n) is 5.92. The standard InChI is InChI=1S/C19H30FNO/c1-3-5-7-9-14-21(15-10-8-6-4-2)19(22)17-12-11-13-18(20)16-17/h11-13,16H,3-10,14-15H2,1-2H3. The number of hydrogen-bond donors (Lipinski definition) is 0. The fraction of sp³-hybridized carbons (Fsp3) is 0.632. The van der Waals surface area contributed by atoms with Gasteiger partial charge in [-0.05, 0) is 31.0 Å². The molecule has 3 heteroatoms. The van der Waals surface area contributed by atoms with E-state index in [2.05, 4.69) is 13.8 Å². The van der Waals surface area contributed by atoms with Crippen molar-refractivity contribution in [1.82, 2.24) is 4.90 Å². The third-order valence-corrected chi connectivity index (χ3v) is 3.92. The van der Waals surface area contributed by atoms with Gasteiger partial charge in [-0.1, -0.05) is 58.4 Å². The number of unbranched alkanes of at least 4 members (excludes halogenated alkanes) is 6. The summed E-state index contributed by atoms with van der Waals surface area (Å²) in [6.45, 7) is 5.92. The monoisotopic (exact) mass is 307 g/mol. The van der Waals surface area contributed by atoms with Crippen molar-refractivity contribution in [2.75, 3.05) is 13.1 Å². The number of halogens is 1. The average molecular weight is 307 g/mol. The van der Waals surface area contributed by atoms with Crippen LogP contribution in [0.4, 0.5) is 4.39 Å². The van der Waals surface area contributed by atoms with Crippen LogP contribution in [0.25, 0.3) is 0 Å². The lowest BCUT2D eigenvalue weighted by atomic mass is 10.1. The molecule has 1 amide bonds. The molecular weight excluding hydrogens is 277 g/mol. The third-order valence-electron chi connectivity index (χ3n) is 3.92. The first-order valence-electron chi connectivity index (χ1n) is 8.73. The van der Waals surface area contributed by atoms with Gasteiger partial charge in [-0.15, -0.1) is 0 Å². The van der Waals surface area contributed by atoms with E-state index in [-0.39, 0.29) is 11.7 Å². The molecule has 1 aromatic rings. The fourth-order valence-corrected chi connectivity index (χ4v) is 2.58. The molecule has 0 saturated heterocycles. The second-order valence-corrected chi connectivity index (χ2v) is 5.92. The van der Waals surface area contributed by atoms with Crippen molar-refractivity contribution in [3.63, 3.8) is 0 Å². The van der Waals surface area contributed by atoms with Gasteiger partial charge in [0, 0.05) is 18.7 Å². The molecule has 0 aliphatic carbocycles. The van der Waals surface area contributed by atoms with Crippen LogP contribution < -0.4 is 0 Å². The van der Waals surface area contributed by atoms with Crippen LogP contribution in [0, 0.1) is 5.82 Å². The zero-order valence-electron chi connectivity index (χ0n) is 14.1. The Morgan fingerprint density at radius 1 is 0.955 bits per heavy atom. The van der Waals surface area contributed by atoms with Gasteiger partial charge < -0.3 is 4.90 Å². The summed E-state index contributed by atoms with van der Waals surface area (Å²) in [5.74, 6) is -0.379. The number of hydrogen-bond acceptors (Lipinski definition) is 1. The van der Waals surface area contributed by atoms with E-state index in [9.17, 15) is 9.18 Å². The summed E-state index contributed by atoms with van der Waals surface area (Å²) in [6, 6.07) is 6.03. The van der Waals surface area contributed by atoms with Crippen LogP contribution >= 0.6 is 0 Å². The minimum absolute atomic E-state index is 0.0347. The number of benzene rings is 1. The van der Waals surface area contributed by atoms with Gasteiger partial charge in [-0.25, -0.2) is 4.39 Å². The van der Waals surface area contributed by atoms with Crippen molar-refractivity contribution in [3.05, 3.63) is 35.6 Å². The molecular formula is C19H30FNO. The van der Waals surface area contributed by atoms with Gasteiger partial charge in [0.25, 0.3) is 5.91 Å².